The van der Waals surface area contributed by atoms with Crippen LogP contribution in [0.1, 0.15) is 58.2 Å². The van der Waals surface area contributed by atoms with Gasteiger partial charge in [-0.15, -0.1) is 0 Å². The van der Waals surface area contributed by atoms with Crippen LogP contribution in [0.2, 0.25) is 0 Å². The third-order valence-electron chi connectivity index (χ3n) is 4.80. The maximum absolute atomic E-state index is 12.0. The molecule has 0 saturated heterocycles. The quantitative estimate of drug-likeness (QED) is 0.888. The fourth-order valence-electron chi connectivity index (χ4n) is 3.52. The molecule has 3 rings (SSSR count). The van der Waals surface area contributed by atoms with E-state index in [0.717, 1.165) is 18.7 Å². The lowest BCUT2D eigenvalue weighted by Crippen LogP contribution is -2.29. The van der Waals surface area contributed by atoms with Crippen molar-refractivity contribution in [2.24, 2.45) is 5.41 Å². The number of aryl methyl sites for hydroxylation is 1. The van der Waals surface area contributed by atoms with Gasteiger partial charge in [0.05, 0.1) is 0 Å². The van der Waals surface area contributed by atoms with Gasteiger partial charge >= 0.3 is 5.69 Å². The molecular weight excluding hydrogens is 268 g/mol. The van der Waals surface area contributed by atoms with Crippen LogP contribution in [0.4, 0.5) is 0 Å². The van der Waals surface area contributed by atoms with Crippen LogP contribution >= 0.6 is 0 Å². The number of rotatable bonds is 2. The Morgan fingerprint density at radius 1 is 1.29 bits per heavy atom. The molecule has 21 heavy (non-hydrogen) atoms. The topological polar surface area (TPSA) is 83.5 Å². The van der Waals surface area contributed by atoms with E-state index in [2.05, 4.69) is 28.8 Å². The SMILES string of the molecule is CCn1c(=O)[nH]c(=O)c2[nH]c(C3CCCCC3(C)C)nc21. The average molecular weight is 290 g/mol. The Morgan fingerprint density at radius 2 is 2.05 bits per heavy atom. The van der Waals surface area contributed by atoms with Crippen LogP contribution in [-0.4, -0.2) is 19.5 Å². The lowest BCUT2D eigenvalue weighted by atomic mass is 9.68. The van der Waals surface area contributed by atoms with Crippen molar-refractivity contribution in [2.75, 3.05) is 0 Å². The van der Waals surface area contributed by atoms with Gasteiger partial charge in [0.2, 0.25) is 0 Å². The van der Waals surface area contributed by atoms with Crippen molar-refractivity contribution in [1.29, 1.82) is 0 Å². The number of hydrogen-bond donors (Lipinski definition) is 2. The van der Waals surface area contributed by atoms with Gasteiger partial charge in [0.1, 0.15) is 11.3 Å². The van der Waals surface area contributed by atoms with E-state index >= 15 is 0 Å². The van der Waals surface area contributed by atoms with Gasteiger partial charge in [0.15, 0.2) is 5.65 Å². The summed E-state index contributed by atoms with van der Waals surface area (Å²) < 4.78 is 1.51. The summed E-state index contributed by atoms with van der Waals surface area (Å²) in [4.78, 5) is 34.0. The molecule has 0 radical (unpaired) electrons. The molecule has 2 aromatic rings. The van der Waals surface area contributed by atoms with E-state index in [-0.39, 0.29) is 11.0 Å². The van der Waals surface area contributed by atoms with Crippen molar-refractivity contribution in [3.63, 3.8) is 0 Å². The van der Waals surface area contributed by atoms with Gasteiger partial charge in [0, 0.05) is 12.5 Å². The Kier molecular flexibility index (Phi) is 3.26. The highest BCUT2D eigenvalue weighted by Gasteiger charge is 2.35. The van der Waals surface area contributed by atoms with E-state index in [9.17, 15) is 9.59 Å². The molecule has 114 valence electrons. The highest BCUT2D eigenvalue weighted by atomic mass is 16.2. The smallest absolute Gasteiger partial charge is 0.330 e. The number of aromatic nitrogens is 4. The number of nitrogens with one attached hydrogen (secondary N) is 2. The Balaban J connectivity index is 2.20. The fourth-order valence-corrected chi connectivity index (χ4v) is 3.52. The first-order valence-electron chi connectivity index (χ1n) is 7.67. The zero-order valence-corrected chi connectivity index (χ0v) is 12.8. The number of fused-ring (bicyclic) bond motifs is 1. The zero-order chi connectivity index (χ0) is 15.2. The van der Waals surface area contributed by atoms with E-state index in [4.69, 9.17) is 0 Å². The van der Waals surface area contributed by atoms with Crippen LogP contribution in [0.5, 0.6) is 0 Å². The van der Waals surface area contributed by atoms with Crippen molar-refractivity contribution in [1.82, 2.24) is 19.5 Å². The molecule has 1 aliphatic rings. The maximum Gasteiger partial charge on any atom is 0.330 e. The summed E-state index contributed by atoms with van der Waals surface area (Å²) in [5.74, 6) is 1.14. The molecule has 2 heterocycles. The monoisotopic (exact) mass is 290 g/mol. The summed E-state index contributed by atoms with van der Waals surface area (Å²) in [5, 5.41) is 0. The molecule has 1 fully saturated rings. The summed E-state index contributed by atoms with van der Waals surface area (Å²) >= 11 is 0. The van der Waals surface area contributed by atoms with Crippen LogP contribution in [0.15, 0.2) is 9.59 Å². The van der Waals surface area contributed by atoms with Crippen molar-refractivity contribution in [3.05, 3.63) is 26.7 Å². The van der Waals surface area contributed by atoms with Gasteiger partial charge in [-0.1, -0.05) is 26.7 Å². The maximum atomic E-state index is 12.0. The minimum absolute atomic E-state index is 0.163. The minimum Gasteiger partial charge on any atom is -0.336 e. The number of nitrogens with zero attached hydrogens (tertiary/aromatic N) is 2. The van der Waals surface area contributed by atoms with Crippen LogP contribution in [0.3, 0.4) is 0 Å². The molecule has 1 unspecified atom stereocenters. The lowest BCUT2D eigenvalue weighted by molar-refractivity contribution is 0.193. The van der Waals surface area contributed by atoms with Crippen LogP contribution in [0, 0.1) is 5.41 Å². The second-order valence-corrected chi connectivity index (χ2v) is 6.61. The summed E-state index contributed by atoms with van der Waals surface area (Å²) in [6.07, 6.45) is 4.65. The first-order chi connectivity index (χ1) is 9.94. The van der Waals surface area contributed by atoms with Crippen molar-refractivity contribution < 1.29 is 0 Å². The molecule has 2 aromatic heterocycles. The van der Waals surface area contributed by atoms with Gasteiger partial charge < -0.3 is 4.98 Å². The molecule has 0 bridgehead atoms. The standard InChI is InChI=1S/C15H22N4O2/c1-4-19-12-10(13(20)18-14(19)21)16-11(17-12)9-7-5-6-8-15(9,2)3/h9H,4-8H2,1-3H3,(H,16,17)(H,18,20,21). The first-order valence-corrected chi connectivity index (χ1v) is 7.67. The molecule has 0 aromatic carbocycles. The summed E-state index contributed by atoms with van der Waals surface area (Å²) in [5.41, 5.74) is 0.273. The zero-order valence-electron chi connectivity index (χ0n) is 12.8. The van der Waals surface area contributed by atoms with Crippen molar-refractivity contribution in [3.8, 4) is 0 Å². The summed E-state index contributed by atoms with van der Waals surface area (Å²) in [6.45, 7) is 6.87. The first kappa shape index (κ1) is 14.1. The second kappa shape index (κ2) is 4.86. The largest absolute Gasteiger partial charge is 0.336 e. The third kappa shape index (κ3) is 2.22. The van der Waals surface area contributed by atoms with Crippen LogP contribution in [-0.2, 0) is 6.54 Å². The fraction of sp³-hybridized carbons (Fsp3) is 0.667. The Labute approximate surface area is 122 Å². The highest BCUT2D eigenvalue weighted by Crippen LogP contribution is 2.45. The number of hydrogen-bond acceptors (Lipinski definition) is 3. The van der Waals surface area contributed by atoms with Gasteiger partial charge in [0.25, 0.3) is 5.56 Å². The van der Waals surface area contributed by atoms with E-state index in [1.165, 1.54) is 17.4 Å². The Morgan fingerprint density at radius 3 is 2.71 bits per heavy atom. The summed E-state index contributed by atoms with van der Waals surface area (Å²) in [6, 6.07) is 0. The summed E-state index contributed by atoms with van der Waals surface area (Å²) in [7, 11) is 0. The molecule has 1 saturated carbocycles. The van der Waals surface area contributed by atoms with Gasteiger partial charge in [-0.25, -0.2) is 9.78 Å². The predicted octanol–water partition coefficient (Wildman–Crippen LogP) is 2.12. The van der Waals surface area contributed by atoms with Crippen molar-refractivity contribution in [2.45, 2.75) is 58.9 Å². The highest BCUT2D eigenvalue weighted by molar-refractivity contribution is 5.69. The second-order valence-electron chi connectivity index (χ2n) is 6.61. The number of aromatic amines is 2. The molecule has 0 amide bonds. The van der Waals surface area contributed by atoms with Crippen LogP contribution in [0.25, 0.3) is 11.2 Å². The minimum atomic E-state index is -0.393. The molecule has 2 N–H and O–H groups in total. The van der Waals surface area contributed by atoms with E-state index in [1.807, 2.05) is 6.92 Å². The van der Waals surface area contributed by atoms with E-state index in [1.54, 1.807) is 0 Å². The Hall–Kier alpha value is -1.85. The molecule has 6 nitrogen and oxygen atoms in total. The molecule has 1 atom stereocenters. The van der Waals surface area contributed by atoms with E-state index in [0.29, 0.717) is 23.6 Å². The Bertz CT molecular complexity index is 781. The molecule has 1 aliphatic carbocycles. The average Bonchev–Trinajstić information content (AvgIpc) is 2.83. The molecule has 0 aliphatic heterocycles. The predicted molar refractivity (Wildman–Crippen MR) is 81.6 cm³/mol. The number of imidazole rings is 1. The van der Waals surface area contributed by atoms with Crippen LogP contribution < -0.4 is 11.2 Å². The number of H-pyrrole nitrogens is 2. The van der Waals surface area contributed by atoms with Crippen molar-refractivity contribution >= 4 is 11.2 Å². The van der Waals surface area contributed by atoms with E-state index < -0.39 is 5.69 Å². The molecule has 6 heteroatoms. The van der Waals surface area contributed by atoms with Gasteiger partial charge in [-0.2, -0.15) is 0 Å². The molecule has 0 spiro atoms. The molecular formula is C15H22N4O2. The van der Waals surface area contributed by atoms with Gasteiger partial charge in [-0.3, -0.25) is 14.3 Å². The van der Waals surface area contributed by atoms with Gasteiger partial charge in [-0.05, 0) is 25.2 Å². The third-order valence-corrected chi connectivity index (χ3v) is 4.80. The normalized spacial score (nSPS) is 21.8. The lowest BCUT2D eigenvalue weighted by Gasteiger charge is -2.37.